The van der Waals surface area contributed by atoms with Crippen LogP contribution in [0.25, 0.3) is 10.3 Å². The second-order valence-corrected chi connectivity index (χ2v) is 7.26. The molecule has 0 saturated carbocycles. The summed E-state index contributed by atoms with van der Waals surface area (Å²) in [4.78, 5) is 12.9. The fraction of sp³-hybridized carbons (Fsp3) is 0.267. The average molecular weight is 383 g/mol. The molecule has 0 aliphatic heterocycles. The minimum Gasteiger partial charge on any atom is -0.394 e. The highest BCUT2D eigenvalue weighted by Crippen LogP contribution is 2.32. The number of halogens is 2. The maximum Gasteiger partial charge on any atom is 0.191 e. The Balaban J connectivity index is 1.89. The number of thioether (sulfide) groups is 1. The van der Waals surface area contributed by atoms with Crippen LogP contribution in [0, 0.1) is 11.6 Å². The first kappa shape index (κ1) is 17.8. The summed E-state index contributed by atoms with van der Waals surface area (Å²) in [5.41, 5.74) is 6.39. The minimum atomic E-state index is -0.888. The van der Waals surface area contributed by atoms with Crippen molar-refractivity contribution >= 4 is 44.4 Å². The lowest BCUT2D eigenvalue weighted by Crippen LogP contribution is -2.20. The Labute approximate surface area is 150 Å². The summed E-state index contributed by atoms with van der Waals surface area (Å²) < 4.78 is 27.7. The average Bonchev–Trinajstić information content (AvgIpc) is 2.96. The third-order valence-corrected chi connectivity index (χ3v) is 5.07. The fourth-order valence-corrected chi connectivity index (χ4v) is 3.60. The van der Waals surface area contributed by atoms with E-state index in [-0.39, 0.29) is 24.0 Å². The van der Waals surface area contributed by atoms with Crippen molar-refractivity contribution in [1.29, 1.82) is 0 Å². The van der Waals surface area contributed by atoms with E-state index < -0.39 is 11.6 Å². The van der Waals surface area contributed by atoms with Gasteiger partial charge in [-0.05, 0) is 13.0 Å². The molecule has 132 valence electrons. The summed E-state index contributed by atoms with van der Waals surface area (Å²) in [6.45, 7) is 1.73. The zero-order valence-corrected chi connectivity index (χ0v) is 14.8. The van der Waals surface area contributed by atoms with Crippen molar-refractivity contribution in [3.63, 3.8) is 0 Å². The van der Waals surface area contributed by atoms with E-state index in [4.69, 9.17) is 5.73 Å². The molecule has 2 heterocycles. The summed E-state index contributed by atoms with van der Waals surface area (Å²) in [5.74, 6) is -1.09. The van der Waals surface area contributed by atoms with E-state index in [2.05, 4.69) is 20.3 Å². The molecule has 25 heavy (non-hydrogen) atoms. The molecule has 4 N–H and O–H groups in total. The molecule has 0 aliphatic rings. The zero-order chi connectivity index (χ0) is 18.0. The maximum absolute atomic E-state index is 13.8. The number of nitrogens with one attached hydrogen (secondary N) is 1. The van der Waals surface area contributed by atoms with E-state index >= 15 is 0 Å². The van der Waals surface area contributed by atoms with Gasteiger partial charge in [0.2, 0.25) is 0 Å². The van der Waals surface area contributed by atoms with Gasteiger partial charge in [-0.15, -0.1) is 0 Å². The Kier molecular flexibility index (Phi) is 5.30. The molecule has 1 atom stereocenters. The van der Waals surface area contributed by atoms with E-state index in [1.165, 1.54) is 23.5 Å². The van der Waals surface area contributed by atoms with Crippen molar-refractivity contribution in [3.8, 4) is 0 Å². The lowest BCUT2D eigenvalue weighted by Gasteiger charge is -2.12. The van der Waals surface area contributed by atoms with Crippen LogP contribution in [0.5, 0.6) is 0 Å². The van der Waals surface area contributed by atoms with E-state index in [1.807, 2.05) is 0 Å². The quantitative estimate of drug-likeness (QED) is 0.445. The molecule has 0 aliphatic carbocycles. The SMILES string of the molecule is C[C@@H](CO)Nc1nc(SCc2cccc(F)c2F)nc2nc(N)sc12. The number of thiazole rings is 1. The monoisotopic (exact) mass is 383 g/mol. The second kappa shape index (κ2) is 7.46. The molecule has 1 aromatic carbocycles. The molecule has 0 saturated heterocycles. The predicted molar refractivity (Wildman–Crippen MR) is 95.7 cm³/mol. The summed E-state index contributed by atoms with van der Waals surface area (Å²) in [6.07, 6.45) is 0. The van der Waals surface area contributed by atoms with Crippen LogP contribution in [-0.4, -0.2) is 32.7 Å². The number of nitrogens with two attached hydrogens (primary N) is 1. The topological polar surface area (TPSA) is 97.0 Å². The fourth-order valence-electron chi connectivity index (χ4n) is 2.06. The molecule has 0 spiro atoms. The van der Waals surface area contributed by atoms with Crippen LogP contribution in [0.3, 0.4) is 0 Å². The first-order chi connectivity index (χ1) is 12.0. The highest BCUT2D eigenvalue weighted by Gasteiger charge is 2.15. The summed E-state index contributed by atoms with van der Waals surface area (Å²) in [6, 6.07) is 3.82. The Bertz CT molecular complexity index is 905. The molecular weight excluding hydrogens is 368 g/mol. The standard InChI is InChI=1S/C15H15F2N5OS2/c1-7(5-23)19-12-11-13(20-14(18)25-11)22-15(21-12)24-6-8-3-2-4-9(16)10(8)17/h2-4,7,23H,5-6H2,1H3,(H3,18,19,20,21,22)/t7-/m0/s1. The molecule has 2 aromatic heterocycles. The summed E-state index contributed by atoms with van der Waals surface area (Å²) in [5, 5.41) is 13.0. The van der Waals surface area contributed by atoms with Crippen molar-refractivity contribution in [3.05, 3.63) is 35.4 Å². The smallest absolute Gasteiger partial charge is 0.191 e. The van der Waals surface area contributed by atoms with Crippen LogP contribution in [0.2, 0.25) is 0 Å². The van der Waals surface area contributed by atoms with Crippen LogP contribution in [0.15, 0.2) is 23.4 Å². The number of rotatable bonds is 6. The third-order valence-electron chi connectivity index (χ3n) is 3.30. The molecule has 0 unspecified atom stereocenters. The van der Waals surface area contributed by atoms with Gasteiger partial charge in [0.15, 0.2) is 33.4 Å². The van der Waals surface area contributed by atoms with Crippen LogP contribution in [0.1, 0.15) is 12.5 Å². The van der Waals surface area contributed by atoms with Gasteiger partial charge in [0, 0.05) is 17.4 Å². The van der Waals surface area contributed by atoms with Crippen LogP contribution in [0.4, 0.5) is 19.7 Å². The Morgan fingerprint density at radius 2 is 2.12 bits per heavy atom. The molecule has 0 amide bonds. The number of nitrogen functional groups attached to an aromatic ring is 1. The largest absolute Gasteiger partial charge is 0.394 e. The van der Waals surface area contributed by atoms with Gasteiger partial charge in [-0.2, -0.15) is 0 Å². The number of hydrogen-bond donors (Lipinski definition) is 3. The van der Waals surface area contributed by atoms with Gasteiger partial charge in [-0.3, -0.25) is 0 Å². The molecule has 10 heteroatoms. The van der Waals surface area contributed by atoms with E-state index in [0.29, 0.717) is 26.5 Å². The molecule has 6 nitrogen and oxygen atoms in total. The number of anilines is 2. The second-order valence-electron chi connectivity index (χ2n) is 5.29. The molecule has 0 bridgehead atoms. The number of fused-ring (bicyclic) bond motifs is 1. The van der Waals surface area contributed by atoms with E-state index in [1.54, 1.807) is 6.92 Å². The van der Waals surface area contributed by atoms with E-state index in [9.17, 15) is 13.9 Å². The first-order valence-electron chi connectivity index (χ1n) is 7.35. The van der Waals surface area contributed by atoms with Crippen LogP contribution in [-0.2, 0) is 5.75 Å². The van der Waals surface area contributed by atoms with Crippen molar-refractivity contribution in [2.24, 2.45) is 0 Å². The number of hydrogen-bond acceptors (Lipinski definition) is 8. The predicted octanol–water partition coefficient (Wildman–Crippen LogP) is 3.03. The first-order valence-corrected chi connectivity index (χ1v) is 9.15. The Morgan fingerprint density at radius 3 is 2.88 bits per heavy atom. The van der Waals surface area contributed by atoms with Gasteiger partial charge in [-0.1, -0.05) is 35.2 Å². The van der Waals surface area contributed by atoms with Gasteiger partial charge in [0.05, 0.1) is 6.61 Å². The van der Waals surface area contributed by atoms with Gasteiger partial charge in [0.25, 0.3) is 0 Å². The minimum absolute atomic E-state index is 0.0727. The molecule has 0 radical (unpaired) electrons. The third kappa shape index (κ3) is 3.97. The lowest BCUT2D eigenvalue weighted by molar-refractivity contribution is 0.281. The van der Waals surface area contributed by atoms with Crippen molar-refractivity contribution in [2.45, 2.75) is 23.9 Å². The molecular formula is C15H15F2N5OS2. The maximum atomic E-state index is 13.8. The van der Waals surface area contributed by atoms with Gasteiger partial charge in [0.1, 0.15) is 4.70 Å². The number of benzene rings is 1. The number of nitrogens with zero attached hydrogens (tertiary/aromatic N) is 3. The number of aliphatic hydroxyl groups excluding tert-OH is 1. The molecule has 3 aromatic rings. The van der Waals surface area contributed by atoms with Gasteiger partial charge >= 0.3 is 0 Å². The number of aliphatic hydroxyl groups is 1. The van der Waals surface area contributed by atoms with Crippen molar-refractivity contribution < 1.29 is 13.9 Å². The molecule has 0 fully saturated rings. The highest BCUT2D eigenvalue weighted by atomic mass is 32.2. The van der Waals surface area contributed by atoms with Gasteiger partial charge < -0.3 is 16.2 Å². The zero-order valence-electron chi connectivity index (χ0n) is 13.2. The summed E-state index contributed by atoms with van der Waals surface area (Å²) >= 11 is 2.40. The Hall–Kier alpha value is -2.04. The lowest BCUT2D eigenvalue weighted by atomic mass is 10.2. The van der Waals surface area contributed by atoms with Crippen molar-refractivity contribution in [1.82, 2.24) is 15.0 Å². The normalized spacial score (nSPS) is 12.5. The van der Waals surface area contributed by atoms with E-state index in [0.717, 1.165) is 17.8 Å². The van der Waals surface area contributed by atoms with Crippen LogP contribution >= 0.6 is 23.1 Å². The number of aromatic nitrogens is 3. The highest BCUT2D eigenvalue weighted by molar-refractivity contribution is 7.98. The summed E-state index contributed by atoms with van der Waals surface area (Å²) in [7, 11) is 0. The van der Waals surface area contributed by atoms with Gasteiger partial charge in [-0.25, -0.2) is 23.7 Å². The Morgan fingerprint density at radius 1 is 1.32 bits per heavy atom. The van der Waals surface area contributed by atoms with Crippen molar-refractivity contribution in [2.75, 3.05) is 17.7 Å². The van der Waals surface area contributed by atoms with Crippen LogP contribution < -0.4 is 11.1 Å². The molecule has 3 rings (SSSR count).